The zero-order valence-corrected chi connectivity index (χ0v) is 3.66. The van der Waals surface area contributed by atoms with Crippen LogP contribution in [0.1, 0.15) is 0 Å². The standard InChI is InChI=1S/C4H5NO2/c1-5-4(7)2-3-6/h2-3,6H,1H2/b3-2+. The topological polar surface area (TPSA) is 49.7 Å². The van der Waals surface area contributed by atoms with Crippen LogP contribution in [0, 0.1) is 0 Å². The van der Waals surface area contributed by atoms with Crippen molar-refractivity contribution in [2.24, 2.45) is 4.99 Å². The van der Waals surface area contributed by atoms with Gasteiger partial charge < -0.3 is 5.11 Å². The first-order chi connectivity index (χ1) is 3.31. The van der Waals surface area contributed by atoms with Crippen LogP contribution in [0.3, 0.4) is 0 Å². The fraction of sp³-hybridized carbons (Fsp3) is 0. The van der Waals surface area contributed by atoms with E-state index >= 15 is 0 Å². The van der Waals surface area contributed by atoms with Crippen molar-refractivity contribution in [2.45, 2.75) is 0 Å². The van der Waals surface area contributed by atoms with Gasteiger partial charge in [0.25, 0.3) is 5.91 Å². The number of hydrogen-bond donors (Lipinski definition) is 1. The second-order valence-electron chi connectivity index (χ2n) is 0.812. The van der Waals surface area contributed by atoms with Crippen LogP contribution >= 0.6 is 0 Å². The van der Waals surface area contributed by atoms with Gasteiger partial charge in [0.2, 0.25) is 0 Å². The van der Waals surface area contributed by atoms with Crippen molar-refractivity contribution in [1.82, 2.24) is 0 Å². The van der Waals surface area contributed by atoms with Crippen molar-refractivity contribution >= 4 is 12.6 Å². The molecule has 38 valence electrons. The summed E-state index contributed by atoms with van der Waals surface area (Å²) in [6, 6.07) is 0. The lowest BCUT2D eigenvalue weighted by Gasteiger charge is -1.71. The van der Waals surface area contributed by atoms with Gasteiger partial charge in [0, 0.05) is 6.08 Å². The molecule has 0 aromatic heterocycles. The summed E-state index contributed by atoms with van der Waals surface area (Å²) in [4.78, 5) is 12.9. The van der Waals surface area contributed by atoms with Crippen molar-refractivity contribution in [2.75, 3.05) is 0 Å². The first kappa shape index (κ1) is 5.88. The predicted molar refractivity (Wildman–Crippen MR) is 26.3 cm³/mol. The fourth-order valence-electron chi connectivity index (χ4n) is 0.116. The Hall–Kier alpha value is -1.12. The molecule has 0 spiro atoms. The summed E-state index contributed by atoms with van der Waals surface area (Å²) in [5.41, 5.74) is 0. The molecular weight excluding hydrogens is 94.0 g/mol. The van der Waals surface area contributed by atoms with Crippen LogP contribution in [0.25, 0.3) is 0 Å². The second kappa shape index (κ2) is 3.08. The smallest absolute Gasteiger partial charge is 0.272 e. The maximum Gasteiger partial charge on any atom is 0.272 e. The summed E-state index contributed by atoms with van der Waals surface area (Å²) in [7, 11) is 0. The van der Waals surface area contributed by atoms with E-state index in [1.165, 1.54) is 0 Å². The van der Waals surface area contributed by atoms with Crippen molar-refractivity contribution < 1.29 is 9.90 Å². The van der Waals surface area contributed by atoms with E-state index in [0.29, 0.717) is 6.26 Å². The van der Waals surface area contributed by atoms with Crippen molar-refractivity contribution in [1.29, 1.82) is 0 Å². The third-order valence-electron chi connectivity index (χ3n) is 0.373. The zero-order chi connectivity index (χ0) is 5.70. The molecule has 0 bridgehead atoms. The summed E-state index contributed by atoms with van der Waals surface area (Å²) in [5.74, 6) is -0.539. The Bertz CT molecular complexity index is 106. The zero-order valence-electron chi connectivity index (χ0n) is 3.66. The van der Waals surface area contributed by atoms with Gasteiger partial charge in [-0.3, -0.25) is 4.79 Å². The molecule has 7 heavy (non-hydrogen) atoms. The number of aliphatic hydroxyl groups excluding tert-OH is 1. The fourth-order valence-corrected chi connectivity index (χ4v) is 0.116. The van der Waals surface area contributed by atoms with Crippen LogP contribution in [-0.2, 0) is 4.79 Å². The Morgan fingerprint density at radius 1 is 1.86 bits per heavy atom. The van der Waals surface area contributed by atoms with Crippen molar-refractivity contribution in [3.63, 3.8) is 0 Å². The first-order valence-corrected chi connectivity index (χ1v) is 1.62. The van der Waals surface area contributed by atoms with Crippen LogP contribution in [0.15, 0.2) is 17.3 Å². The molecular formula is C4H5NO2. The summed E-state index contributed by atoms with van der Waals surface area (Å²) < 4.78 is 0. The van der Waals surface area contributed by atoms with E-state index in [9.17, 15) is 4.79 Å². The molecule has 0 aromatic rings. The lowest BCUT2D eigenvalue weighted by Crippen LogP contribution is -1.81. The average Bonchev–Trinajstić information content (AvgIpc) is 1.68. The number of aliphatic imine (C=N–C) groups is 1. The minimum absolute atomic E-state index is 0.539. The van der Waals surface area contributed by atoms with E-state index in [1.807, 2.05) is 0 Å². The summed E-state index contributed by atoms with van der Waals surface area (Å²) >= 11 is 0. The number of rotatable bonds is 1. The van der Waals surface area contributed by atoms with E-state index in [4.69, 9.17) is 5.11 Å². The monoisotopic (exact) mass is 99.0 g/mol. The average molecular weight is 99.1 g/mol. The maximum absolute atomic E-state index is 9.94. The SMILES string of the molecule is C=NC(=O)/C=C/O. The highest BCUT2D eigenvalue weighted by Crippen LogP contribution is 1.71. The largest absolute Gasteiger partial charge is 0.515 e. The van der Waals surface area contributed by atoms with Crippen LogP contribution in [0.4, 0.5) is 0 Å². The molecule has 0 atom stereocenters. The summed E-state index contributed by atoms with van der Waals surface area (Å²) in [5, 5.41) is 7.88. The second-order valence-corrected chi connectivity index (χ2v) is 0.812. The molecule has 1 N–H and O–H groups in total. The number of amides is 1. The highest BCUT2D eigenvalue weighted by atomic mass is 16.2. The van der Waals surface area contributed by atoms with E-state index in [2.05, 4.69) is 11.7 Å². The van der Waals surface area contributed by atoms with Gasteiger partial charge in [-0.25, -0.2) is 4.99 Å². The normalized spacial score (nSPS) is 9.14. The van der Waals surface area contributed by atoms with Gasteiger partial charge in [0.1, 0.15) is 0 Å². The van der Waals surface area contributed by atoms with E-state index < -0.39 is 5.91 Å². The van der Waals surface area contributed by atoms with Gasteiger partial charge in [-0.1, -0.05) is 0 Å². The van der Waals surface area contributed by atoms with E-state index in [0.717, 1.165) is 6.08 Å². The van der Waals surface area contributed by atoms with Crippen LogP contribution in [-0.4, -0.2) is 17.7 Å². The molecule has 0 aliphatic heterocycles. The number of carbonyl (C=O) groups is 1. The van der Waals surface area contributed by atoms with Gasteiger partial charge in [-0.05, 0) is 6.72 Å². The molecule has 0 aliphatic carbocycles. The summed E-state index contributed by atoms with van der Waals surface area (Å²) in [6.07, 6.45) is 1.53. The van der Waals surface area contributed by atoms with Crippen molar-refractivity contribution in [3.8, 4) is 0 Å². The molecule has 0 radical (unpaired) electrons. The molecule has 0 unspecified atom stereocenters. The van der Waals surface area contributed by atoms with Crippen LogP contribution < -0.4 is 0 Å². The Kier molecular flexibility index (Phi) is 2.59. The minimum Gasteiger partial charge on any atom is -0.515 e. The molecule has 0 aromatic carbocycles. The van der Waals surface area contributed by atoms with Gasteiger partial charge in [0.05, 0.1) is 6.26 Å². The Labute approximate surface area is 41.0 Å². The highest BCUT2D eigenvalue weighted by Gasteiger charge is 1.81. The third kappa shape index (κ3) is 2.69. The van der Waals surface area contributed by atoms with Gasteiger partial charge >= 0.3 is 0 Å². The van der Waals surface area contributed by atoms with Crippen LogP contribution in [0.2, 0.25) is 0 Å². The van der Waals surface area contributed by atoms with Crippen LogP contribution in [0.5, 0.6) is 0 Å². The molecule has 3 heteroatoms. The summed E-state index contributed by atoms with van der Waals surface area (Å²) in [6.45, 7) is 2.92. The lowest BCUT2D eigenvalue weighted by atomic mass is 10.6. The van der Waals surface area contributed by atoms with Gasteiger partial charge in [-0.15, -0.1) is 0 Å². The predicted octanol–water partition coefficient (Wildman–Crippen LogP) is 0.285. The maximum atomic E-state index is 9.94. The molecule has 0 saturated heterocycles. The van der Waals surface area contributed by atoms with E-state index in [1.54, 1.807) is 0 Å². The molecule has 0 fully saturated rings. The highest BCUT2D eigenvalue weighted by molar-refractivity contribution is 5.90. The Morgan fingerprint density at radius 2 is 2.43 bits per heavy atom. The Balaban J connectivity index is 3.58. The first-order valence-electron chi connectivity index (χ1n) is 1.62. The number of carbonyl (C=O) groups excluding carboxylic acids is 1. The van der Waals surface area contributed by atoms with Gasteiger partial charge in [0.15, 0.2) is 0 Å². The molecule has 0 aliphatic rings. The van der Waals surface area contributed by atoms with Gasteiger partial charge in [-0.2, -0.15) is 0 Å². The van der Waals surface area contributed by atoms with E-state index in [-0.39, 0.29) is 0 Å². The molecule has 0 heterocycles. The number of aliphatic hydroxyl groups is 1. The number of hydrogen-bond acceptors (Lipinski definition) is 2. The molecule has 3 nitrogen and oxygen atoms in total. The van der Waals surface area contributed by atoms with Crippen molar-refractivity contribution in [3.05, 3.63) is 12.3 Å². The molecule has 0 rings (SSSR count). The number of nitrogens with zero attached hydrogens (tertiary/aromatic N) is 1. The Morgan fingerprint density at radius 3 is 2.57 bits per heavy atom. The molecule has 0 saturated carbocycles. The molecule has 1 amide bonds. The lowest BCUT2D eigenvalue weighted by molar-refractivity contribution is -0.113. The quantitative estimate of drug-likeness (QED) is 0.291. The third-order valence-corrected chi connectivity index (χ3v) is 0.373. The minimum atomic E-state index is -0.539.